The fraction of sp³-hybridized carbons (Fsp3) is 0.556. The van der Waals surface area contributed by atoms with E-state index in [0.29, 0.717) is 0 Å². The Morgan fingerprint density at radius 3 is 1.55 bits per heavy atom. The topological polar surface area (TPSA) is 158 Å². The van der Waals surface area contributed by atoms with Crippen LogP contribution in [0.4, 0.5) is 0 Å². The van der Waals surface area contributed by atoms with Crippen LogP contribution in [-0.2, 0) is 23.9 Å². The first-order valence-electron chi connectivity index (χ1n) is 4.68. The van der Waals surface area contributed by atoms with Gasteiger partial charge in [-0.1, -0.05) is 0 Å². The number of hydrogen-bond donors (Lipinski definition) is 4. The van der Waals surface area contributed by atoms with Gasteiger partial charge < -0.3 is 25.2 Å². The molecular formula is C9H14Na2O9. The molecule has 0 aromatic heterocycles. The van der Waals surface area contributed by atoms with Gasteiger partial charge in [0, 0.05) is 0 Å². The number of hydrogen-bond acceptors (Lipinski definition) is 6. The fourth-order valence-electron chi connectivity index (χ4n) is 1.10. The summed E-state index contributed by atoms with van der Waals surface area (Å²) in [6.07, 6.45) is -4.16. The zero-order chi connectivity index (χ0) is 14.5. The zero-order valence-corrected chi connectivity index (χ0v) is 9.32. The van der Waals surface area contributed by atoms with E-state index in [1.165, 1.54) is 0 Å². The van der Waals surface area contributed by atoms with E-state index in [4.69, 9.17) is 20.4 Å². The molecule has 1 unspecified atom stereocenters. The predicted molar refractivity (Wildman–Crippen MR) is 66.9 cm³/mol. The summed E-state index contributed by atoms with van der Waals surface area (Å²) in [7, 11) is 0. The summed E-state index contributed by atoms with van der Waals surface area (Å²) in [5.74, 6) is -6.64. The molecule has 106 valence electrons. The van der Waals surface area contributed by atoms with Gasteiger partial charge in [-0.15, -0.1) is 0 Å². The number of ether oxygens (including phenoxy) is 1. The number of aliphatic hydroxyl groups is 1. The van der Waals surface area contributed by atoms with Gasteiger partial charge in [-0.2, -0.15) is 0 Å². The van der Waals surface area contributed by atoms with Crippen molar-refractivity contribution in [3.8, 4) is 0 Å². The van der Waals surface area contributed by atoms with E-state index in [1.54, 1.807) is 0 Å². The summed E-state index contributed by atoms with van der Waals surface area (Å²) < 4.78 is 4.33. The second-order valence-electron chi connectivity index (χ2n) is 3.54. The number of esters is 1. The van der Waals surface area contributed by atoms with Crippen LogP contribution in [-0.4, -0.2) is 115 Å². The van der Waals surface area contributed by atoms with Crippen LogP contribution in [0.15, 0.2) is 0 Å². The van der Waals surface area contributed by atoms with Gasteiger partial charge >= 0.3 is 83.0 Å². The van der Waals surface area contributed by atoms with Crippen molar-refractivity contribution in [2.75, 3.05) is 0 Å². The van der Waals surface area contributed by atoms with Gasteiger partial charge in [0.1, 0.15) is 6.10 Å². The number of carbonyl (C=O) groups is 4. The fourth-order valence-corrected chi connectivity index (χ4v) is 1.10. The van der Waals surface area contributed by atoms with Crippen molar-refractivity contribution >= 4 is 83.0 Å². The molecule has 0 aliphatic rings. The minimum atomic E-state index is -2.74. The maximum absolute atomic E-state index is 11.1. The number of aliphatic hydroxyl groups excluding tert-OH is 1. The summed E-state index contributed by atoms with van der Waals surface area (Å²) >= 11 is 0. The normalized spacial score (nSPS) is 11.3. The van der Waals surface area contributed by atoms with Gasteiger partial charge in [0.15, 0.2) is 0 Å². The molecule has 20 heavy (non-hydrogen) atoms. The first-order chi connectivity index (χ1) is 8.10. The van der Waals surface area contributed by atoms with Crippen LogP contribution < -0.4 is 0 Å². The molecule has 0 aliphatic carbocycles. The van der Waals surface area contributed by atoms with Crippen LogP contribution in [0.25, 0.3) is 0 Å². The molecule has 0 spiro atoms. The molecule has 1 atom stereocenters. The van der Waals surface area contributed by atoms with Crippen molar-refractivity contribution in [3.05, 3.63) is 0 Å². The third kappa shape index (κ3) is 8.20. The average Bonchev–Trinajstić information content (AvgIpc) is 2.14. The number of aliphatic carboxylic acids is 3. The predicted octanol–water partition coefficient (Wildman–Crippen LogP) is -2.61. The Kier molecular flexibility index (Phi) is 13.1. The molecule has 0 aromatic rings. The van der Waals surface area contributed by atoms with Crippen LogP contribution in [0, 0.1) is 0 Å². The Bertz CT molecular complexity index is 364. The van der Waals surface area contributed by atoms with Gasteiger partial charge in [0.2, 0.25) is 5.60 Å². The SMILES string of the molecule is CC(O)C(=O)OC(CC(=O)O)(CC(=O)O)C(=O)O.[NaH].[NaH]. The van der Waals surface area contributed by atoms with Crippen molar-refractivity contribution in [3.63, 3.8) is 0 Å². The Morgan fingerprint density at radius 1 is 1.00 bits per heavy atom. The molecule has 0 aromatic carbocycles. The molecule has 9 nitrogen and oxygen atoms in total. The monoisotopic (exact) mass is 312 g/mol. The number of carbonyl (C=O) groups excluding carboxylic acids is 1. The van der Waals surface area contributed by atoms with Gasteiger partial charge in [-0.3, -0.25) is 9.59 Å². The molecule has 0 bridgehead atoms. The van der Waals surface area contributed by atoms with Crippen LogP contribution >= 0.6 is 0 Å². The van der Waals surface area contributed by atoms with E-state index in [1.807, 2.05) is 0 Å². The summed E-state index contributed by atoms with van der Waals surface area (Å²) in [6.45, 7) is 0.969. The molecule has 0 heterocycles. The number of rotatable bonds is 7. The molecular weight excluding hydrogens is 298 g/mol. The number of carboxylic acid groups (broad SMARTS) is 3. The maximum atomic E-state index is 11.1. The van der Waals surface area contributed by atoms with Crippen LogP contribution in [0.2, 0.25) is 0 Å². The van der Waals surface area contributed by atoms with E-state index >= 15 is 0 Å². The Morgan fingerprint density at radius 2 is 1.35 bits per heavy atom. The standard InChI is InChI=1S/C9H12O9.2Na.2H/c1-4(10)7(15)18-9(8(16)17,2-5(11)12)3-6(13)14;;;;/h4,10H,2-3H2,1H3,(H,11,12)(H,13,14)(H,16,17);;;;. The summed E-state index contributed by atoms with van der Waals surface area (Å²) in [5.41, 5.74) is -2.74. The number of carboxylic acids is 3. The third-order valence-corrected chi connectivity index (χ3v) is 1.90. The first-order valence-corrected chi connectivity index (χ1v) is 4.68. The molecule has 11 heteroatoms. The van der Waals surface area contributed by atoms with Gasteiger partial charge in [-0.05, 0) is 6.92 Å². The molecule has 0 radical (unpaired) electrons. The summed E-state index contributed by atoms with van der Waals surface area (Å²) in [4.78, 5) is 43.2. The summed E-state index contributed by atoms with van der Waals surface area (Å²) in [6, 6.07) is 0. The minimum absolute atomic E-state index is 0. The molecule has 0 saturated heterocycles. The zero-order valence-electron chi connectivity index (χ0n) is 9.32. The molecule has 0 saturated carbocycles. The van der Waals surface area contributed by atoms with E-state index in [-0.39, 0.29) is 59.1 Å². The Hall–Kier alpha value is -0.160. The molecule has 0 aliphatic heterocycles. The van der Waals surface area contributed by atoms with Gasteiger partial charge in [0.25, 0.3) is 0 Å². The quantitative estimate of drug-likeness (QED) is 0.292. The van der Waals surface area contributed by atoms with Crippen LogP contribution in [0.5, 0.6) is 0 Å². The Balaban J connectivity index is -0.00000144. The van der Waals surface area contributed by atoms with E-state index < -0.39 is 48.4 Å². The van der Waals surface area contributed by atoms with Crippen LogP contribution in [0.1, 0.15) is 19.8 Å². The van der Waals surface area contributed by atoms with Crippen LogP contribution in [0.3, 0.4) is 0 Å². The molecule has 0 fully saturated rings. The Labute approximate surface area is 157 Å². The van der Waals surface area contributed by atoms with Crippen molar-refractivity contribution in [1.82, 2.24) is 0 Å². The average molecular weight is 312 g/mol. The van der Waals surface area contributed by atoms with Gasteiger partial charge in [0.05, 0.1) is 12.8 Å². The second kappa shape index (κ2) is 10.6. The van der Waals surface area contributed by atoms with Crippen molar-refractivity contribution in [1.29, 1.82) is 0 Å². The molecule has 0 rings (SSSR count). The first kappa shape index (κ1) is 24.8. The van der Waals surface area contributed by atoms with E-state index in [0.717, 1.165) is 6.92 Å². The third-order valence-electron chi connectivity index (χ3n) is 1.90. The van der Waals surface area contributed by atoms with Crippen molar-refractivity contribution < 1.29 is 44.3 Å². The van der Waals surface area contributed by atoms with E-state index in [9.17, 15) is 19.2 Å². The van der Waals surface area contributed by atoms with E-state index in [2.05, 4.69) is 4.74 Å². The summed E-state index contributed by atoms with van der Waals surface area (Å²) in [5, 5.41) is 34.8. The molecule has 4 N–H and O–H groups in total. The van der Waals surface area contributed by atoms with Crippen molar-refractivity contribution in [2.45, 2.75) is 31.5 Å². The molecule has 0 amide bonds. The van der Waals surface area contributed by atoms with Gasteiger partial charge in [-0.25, -0.2) is 9.59 Å². The second-order valence-corrected chi connectivity index (χ2v) is 3.54. The van der Waals surface area contributed by atoms with Crippen molar-refractivity contribution in [2.24, 2.45) is 0 Å².